The predicted molar refractivity (Wildman–Crippen MR) is 74.0 cm³/mol. The first kappa shape index (κ1) is 15.1. The van der Waals surface area contributed by atoms with Gasteiger partial charge in [0.1, 0.15) is 5.69 Å². The summed E-state index contributed by atoms with van der Waals surface area (Å²) < 4.78 is 0. The van der Waals surface area contributed by atoms with Gasteiger partial charge in [-0.3, -0.25) is 15.5 Å². The van der Waals surface area contributed by atoms with Crippen LogP contribution in [-0.2, 0) is 0 Å². The van der Waals surface area contributed by atoms with Gasteiger partial charge in [-0.15, -0.1) is 0 Å². The van der Waals surface area contributed by atoms with E-state index in [9.17, 15) is 10.1 Å². The quantitative estimate of drug-likeness (QED) is 0.456. The number of hydrogen-bond acceptors (Lipinski definition) is 7. The summed E-state index contributed by atoms with van der Waals surface area (Å²) in [6, 6.07) is 0. The van der Waals surface area contributed by atoms with Crippen molar-refractivity contribution in [3.05, 3.63) is 15.8 Å². The first-order valence-electron chi connectivity index (χ1n) is 6.15. The van der Waals surface area contributed by atoms with Gasteiger partial charge in [0.2, 0.25) is 11.8 Å². The molecule has 0 unspecified atom stereocenters. The van der Waals surface area contributed by atoms with Gasteiger partial charge in [0.05, 0.1) is 4.92 Å². The third kappa shape index (κ3) is 3.50. The summed E-state index contributed by atoms with van der Waals surface area (Å²) in [5, 5.41) is 11.2. The van der Waals surface area contributed by atoms with Crippen LogP contribution in [0.15, 0.2) is 0 Å². The standard InChI is InChI=1S/C11H20N6O2/c1-5-16(6-7(2)3)10-9(17(18)19)8(4)13-11(14-10)15-12/h7H,5-6,12H2,1-4H3,(H,13,14,15). The van der Waals surface area contributed by atoms with Gasteiger partial charge in [-0.25, -0.2) is 10.8 Å². The smallest absolute Gasteiger partial charge is 0.332 e. The maximum atomic E-state index is 11.2. The van der Waals surface area contributed by atoms with Crippen LogP contribution in [-0.4, -0.2) is 28.0 Å². The topological polar surface area (TPSA) is 110 Å². The van der Waals surface area contributed by atoms with Crippen LogP contribution >= 0.6 is 0 Å². The summed E-state index contributed by atoms with van der Waals surface area (Å²) in [5.74, 6) is 6.15. The first-order chi connectivity index (χ1) is 8.90. The zero-order chi connectivity index (χ0) is 14.6. The third-order valence-electron chi connectivity index (χ3n) is 2.62. The Morgan fingerprint density at radius 2 is 2.11 bits per heavy atom. The highest BCUT2D eigenvalue weighted by Crippen LogP contribution is 2.30. The summed E-state index contributed by atoms with van der Waals surface area (Å²) in [4.78, 5) is 20.7. The average Bonchev–Trinajstić information content (AvgIpc) is 2.33. The monoisotopic (exact) mass is 268 g/mol. The van der Waals surface area contributed by atoms with E-state index in [-0.39, 0.29) is 11.6 Å². The summed E-state index contributed by atoms with van der Waals surface area (Å²) in [5.41, 5.74) is 2.56. The Bertz CT molecular complexity index is 463. The first-order valence-corrected chi connectivity index (χ1v) is 6.15. The summed E-state index contributed by atoms with van der Waals surface area (Å²) in [6.07, 6.45) is 0. The number of anilines is 2. The average molecular weight is 268 g/mol. The van der Waals surface area contributed by atoms with E-state index < -0.39 is 4.92 Å². The molecule has 1 aromatic rings. The third-order valence-corrected chi connectivity index (χ3v) is 2.62. The molecule has 0 amide bonds. The van der Waals surface area contributed by atoms with Crippen molar-refractivity contribution in [1.82, 2.24) is 9.97 Å². The summed E-state index contributed by atoms with van der Waals surface area (Å²) >= 11 is 0. The van der Waals surface area contributed by atoms with E-state index in [1.165, 1.54) is 0 Å². The van der Waals surface area contributed by atoms with Crippen molar-refractivity contribution < 1.29 is 4.92 Å². The maximum Gasteiger partial charge on any atom is 0.332 e. The molecule has 0 bridgehead atoms. The van der Waals surface area contributed by atoms with Crippen molar-refractivity contribution >= 4 is 17.5 Å². The molecular formula is C11H20N6O2. The number of rotatable bonds is 6. The number of hydrogen-bond donors (Lipinski definition) is 2. The molecule has 1 rings (SSSR count). The van der Waals surface area contributed by atoms with Crippen molar-refractivity contribution in [2.45, 2.75) is 27.7 Å². The lowest BCUT2D eigenvalue weighted by atomic mass is 10.2. The number of nitrogens with two attached hydrogens (primary N) is 1. The highest BCUT2D eigenvalue weighted by Gasteiger charge is 2.26. The van der Waals surface area contributed by atoms with E-state index in [2.05, 4.69) is 15.4 Å². The Labute approximate surface area is 112 Å². The molecule has 0 saturated heterocycles. The molecule has 19 heavy (non-hydrogen) atoms. The fourth-order valence-corrected chi connectivity index (χ4v) is 1.86. The van der Waals surface area contributed by atoms with Crippen molar-refractivity contribution in [3.63, 3.8) is 0 Å². The Balaban J connectivity index is 3.35. The molecule has 0 radical (unpaired) electrons. The highest BCUT2D eigenvalue weighted by atomic mass is 16.6. The molecule has 3 N–H and O–H groups in total. The van der Waals surface area contributed by atoms with Gasteiger partial charge >= 0.3 is 5.69 Å². The molecule has 0 aromatic carbocycles. The van der Waals surface area contributed by atoms with Crippen LogP contribution in [0.25, 0.3) is 0 Å². The Hall–Kier alpha value is -1.96. The Kier molecular flexibility index (Phi) is 4.99. The van der Waals surface area contributed by atoms with Gasteiger partial charge in [0.15, 0.2) is 0 Å². The zero-order valence-corrected chi connectivity index (χ0v) is 11.7. The second-order valence-electron chi connectivity index (χ2n) is 4.64. The van der Waals surface area contributed by atoms with Crippen LogP contribution in [0.2, 0.25) is 0 Å². The van der Waals surface area contributed by atoms with Crippen molar-refractivity contribution in [3.8, 4) is 0 Å². The molecule has 0 aliphatic rings. The molecule has 0 aliphatic heterocycles. The molecular weight excluding hydrogens is 248 g/mol. The molecule has 1 heterocycles. The van der Waals surface area contributed by atoms with E-state index in [1.54, 1.807) is 6.92 Å². The molecule has 0 spiro atoms. The fourth-order valence-electron chi connectivity index (χ4n) is 1.86. The number of nitrogen functional groups attached to an aromatic ring is 1. The number of nitro groups is 1. The lowest BCUT2D eigenvalue weighted by Gasteiger charge is -2.24. The fraction of sp³-hybridized carbons (Fsp3) is 0.636. The number of aryl methyl sites for hydroxylation is 1. The SMILES string of the molecule is CCN(CC(C)C)c1nc(NN)nc(C)c1[N+](=O)[O-]. The Morgan fingerprint density at radius 1 is 1.47 bits per heavy atom. The van der Waals surface area contributed by atoms with Crippen molar-refractivity contribution in [2.24, 2.45) is 11.8 Å². The van der Waals surface area contributed by atoms with Crippen molar-refractivity contribution in [2.75, 3.05) is 23.4 Å². The molecule has 106 valence electrons. The van der Waals surface area contributed by atoms with Crippen LogP contribution in [0.1, 0.15) is 26.5 Å². The molecule has 8 nitrogen and oxygen atoms in total. The van der Waals surface area contributed by atoms with Gasteiger partial charge < -0.3 is 4.90 Å². The second kappa shape index (κ2) is 6.28. The number of hydrazine groups is 1. The van der Waals surface area contributed by atoms with Gasteiger partial charge in [-0.05, 0) is 19.8 Å². The van der Waals surface area contributed by atoms with Crippen LogP contribution in [0.4, 0.5) is 17.5 Å². The molecule has 8 heteroatoms. The van der Waals surface area contributed by atoms with Gasteiger partial charge in [-0.2, -0.15) is 4.98 Å². The minimum atomic E-state index is -0.450. The zero-order valence-electron chi connectivity index (χ0n) is 11.7. The molecule has 0 fully saturated rings. The van der Waals surface area contributed by atoms with E-state index in [0.29, 0.717) is 30.5 Å². The van der Waals surface area contributed by atoms with Crippen LogP contribution < -0.4 is 16.2 Å². The van der Waals surface area contributed by atoms with Crippen LogP contribution in [0.3, 0.4) is 0 Å². The Morgan fingerprint density at radius 3 is 2.53 bits per heavy atom. The lowest BCUT2D eigenvalue weighted by Crippen LogP contribution is -2.29. The van der Waals surface area contributed by atoms with Crippen molar-refractivity contribution in [1.29, 1.82) is 0 Å². The van der Waals surface area contributed by atoms with E-state index in [1.807, 2.05) is 25.7 Å². The van der Waals surface area contributed by atoms with Crippen LogP contribution in [0.5, 0.6) is 0 Å². The molecule has 0 saturated carbocycles. The highest BCUT2D eigenvalue weighted by molar-refractivity contribution is 5.62. The normalized spacial score (nSPS) is 10.6. The van der Waals surface area contributed by atoms with Gasteiger partial charge in [0, 0.05) is 13.1 Å². The minimum Gasteiger partial charge on any atom is -0.351 e. The number of nitrogens with one attached hydrogen (secondary N) is 1. The van der Waals surface area contributed by atoms with Crippen LogP contribution in [0, 0.1) is 23.0 Å². The predicted octanol–water partition coefficient (Wildman–Crippen LogP) is 1.46. The van der Waals surface area contributed by atoms with E-state index in [0.717, 1.165) is 0 Å². The largest absolute Gasteiger partial charge is 0.351 e. The summed E-state index contributed by atoms with van der Waals surface area (Å²) in [6.45, 7) is 8.90. The molecule has 0 atom stereocenters. The van der Waals surface area contributed by atoms with E-state index in [4.69, 9.17) is 5.84 Å². The minimum absolute atomic E-state index is 0.0681. The number of nitrogens with zero attached hydrogens (tertiary/aromatic N) is 4. The maximum absolute atomic E-state index is 11.2. The lowest BCUT2D eigenvalue weighted by molar-refractivity contribution is -0.385. The molecule has 1 aromatic heterocycles. The van der Waals surface area contributed by atoms with Gasteiger partial charge in [0.25, 0.3) is 0 Å². The molecule has 0 aliphatic carbocycles. The number of aromatic nitrogens is 2. The second-order valence-corrected chi connectivity index (χ2v) is 4.64. The summed E-state index contributed by atoms with van der Waals surface area (Å²) in [7, 11) is 0. The van der Waals surface area contributed by atoms with E-state index >= 15 is 0 Å². The van der Waals surface area contributed by atoms with Gasteiger partial charge in [-0.1, -0.05) is 13.8 Å².